The second-order valence-electron chi connectivity index (χ2n) is 13.3. The number of fused-ring (bicyclic) bond motifs is 4. The van der Waals surface area contributed by atoms with E-state index in [0.717, 1.165) is 6.42 Å². The summed E-state index contributed by atoms with van der Waals surface area (Å²) in [6.07, 6.45) is 28.0. The summed E-state index contributed by atoms with van der Waals surface area (Å²) in [6, 6.07) is 10.1. The molecule has 194 valence electrons. The van der Waals surface area contributed by atoms with Crippen molar-refractivity contribution in [1.82, 2.24) is 9.88 Å². The lowest BCUT2D eigenvalue weighted by atomic mass is 9.83. The van der Waals surface area contributed by atoms with E-state index in [1.165, 1.54) is 16.7 Å². The zero-order valence-corrected chi connectivity index (χ0v) is 24.4. The van der Waals surface area contributed by atoms with Gasteiger partial charge in [-0.2, -0.15) is 0 Å². The lowest BCUT2D eigenvalue weighted by Crippen LogP contribution is -2.60. The van der Waals surface area contributed by atoms with Crippen LogP contribution in [0.1, 0.15) is 45.2 Å². The van der Waals surface area contributed by atoms with Crippen LogP contribution in [-0.2, 0) is 5.41 Å². The van der Waals surface area contributed by atoms with Crippen molar-refractivity contribution in [2.75, 3.05) is 0 Å². The van der Waals surface area contributed by atoms with Gasteiger partial charge in [0.05, 0.1) is 12.2 Å². The van der Waals surface area contributed by atoms with E-state index in [2.05, 4.69) is 142 Å². The lowest BCUT2D eigenvalue weighted by Gasteiger charge is -2.48. The van der Waals surface area contributed by atoms with Gasteiger partial charge < -0.3 is 4.57 Å². The van der Waals surface area contributed by atoms with Crippen LogP contribution < -0.4 is 5.32 Å². The second-order valence-corrected chi connectivity index (χ2v) is 17.8. The van der Waals surface area contributed by atoms with Gasteiger partial charge in [-0.15, -0.1) is 0 Å². The standard InChI is InChI=1S/C34H44N2Si/c1-7-31-35-32-25(23-19-21-24(22-20-23)34(2,3)4)17-12-18-30(32)36(31)37(5,6)33-28-15-10-8-13-26(28)27-14-9-11-16-29(27)33/h8-22,26-33,35H,7H2,1-6H3/t26?,27?,28?,29?,30-,31-,32?,33?/m1/s1. The van der Waals surface area contributed by atoms with Gasteiger partial charge in [0.1, 0.15) is 8.24 Å². The molecule has 2 fully saturated rings. The quantitative estimate of drug-likeness (QED) is 0.421. The number of benzene rings is 1. The second kappa shape index (κ2) is 9.22. The molecular weight excluding hydrogens is 464 g/mol. The normalized spacial score (nSPS) is 36.4. The minimum Gasteiger partial charge on any atom is -0.301 e. The Morgan fingerprint density at radius 1 is 0.784 bits per heavy atom. The predicted octanol–water partition coefficient (Wildman–Crippen LogP) is 7.62. The van der Waals surface area contributed by atoms with Gasteiger partial charge in [-0.25, -0.2) is 0 Å². The van der Waals surface area contributed by atoms with Crippen LogP contribution in [0, 0.1) is 23.7 Å². The first kappa shape index (κ1) is 25.1. The molecule has 37 heavy (non-hydrogen) atoms. The fourth-order valence-electron chi connectivity index (χ4n) is 8.29. The van der Waals surface area contributed by atoms with Crippen LogP contribution in [0.25, 0.3) is 5.57 Å². The summed E-state index contributed by atoms with van der Waals surface area (Å²) in [5.41, 5.74) is 5.08. The van der Waals surface area contributed by atoms with Gasteiger partial charge in [0.15, 0.2) is 0 Å². The molecule has 1 saturated heterocycles. The Morgan fingerprint density at radius 3 is 1.89 bits per heavy atom. The summed E-state index contributed by atoms with van der Waals surface area (Å²) in [5.74, 6) is 2.55. The van der Waals surface area contributed by atoms with Crippen LogP contribution in [0.2, 0.25) is 18.6 Å². The van der Waals surface area contributed by atoms with Crippen molar-refractivity contribution in [1.29, 1.82) is 0 Å². The third-order valence-corrected chi connectivity index (χ3v) is 14.3. The Bertz CT molecular complexity index is 1170. The van der Waals surface area contributed by atoms with Gasteiger partial charge in [-0.1, -0.05) is 132 Å². The summed E-state index contributed by atoms with van der Waals surface area (Å²) in [4.78, 5) is 0. The molecule has 1 heterocycles. The molecule has 5 unspecified atom stereocenters. The summed E-state index contributed by atoms with van der Waals surface area (Å²) in [7, 11) is -1.89. The van der Waals surface area contributed by atoms with Gasteiger partial charge in [0, 0.05) is 6.04 Å². The summed E-state index contributed by atoms with van der Waals surface area (Å²) < 4.78 is 2.99. The number of hydrogen-bond donors (Lipinski definition) is 1. The van der Waals surface area contributed by atoms with Crippen molar-refractivity contribution in [3.63, 3.8) is 0 Å². The molecule has 4 aliphatic carbocycles. The van der Waals surface area contributed by atoms with Crippen molar-refractivity contribution in [2.45, 2.75) is 76.4 Å². The van der Waals surface area contributed by atoms with E-state index in [4.69, 9.17) is 0 Å². The van der Waals surface area contributed by atoms with E-state index in [0.29, 0.717) is 47.5 Å². The minimum atomic E-state index is -1.89. The van der Waals surface area contributed by atoms with E-state index in [9.17, 15) is 0 Å². The van der Waals surface area contributed by atoms with Crippen molar-refractivity contribution in [3.8, 4) is 0 Å². The molecular formula is C34H44N2Si. The average molecular weight is 509 g/mol. The first-order valence-electron chi connectivity index (χ1n) is 14.5. The van der Waals surface area contributed by atoms with Gasteiger partial charge >= 0.3 is 0 Å². The Kier molecular flexibility index (Phi) is 6.25. The maximum absolute atomic E-state index is 4.14. The Labute approximate surface area is 225 Å². The molecule has 0 amide bonds. The molecule has 0 bridgehead atoms. The van der Waals surface area contributed by atoms with Crippen molar-refractivity contribution >= 4 is 13.8 Å². The predicted molar refractivity (Wildman–Crippen MR) is 161 cm³/mol. The van der Waals surface area contributed by atoms with Gasteiger partial charge in [-0.05, 0) is 57.7 Å². The maximum Gasteiger partial charge on any atom is 0.129 e. The largest absolute Gasteiger partial charge is 0.301 e. The zero-order chi connectivity index (χ0) is 25.9. The number of rotatable bonds is 4. The minimum absolute atomic E-state index is 0.176. The van der Waals surface area contributed by atoms with Gasteiger partial charge in [-0.3, -0.25) is 5.32 Å². The highest BCUT2D eigenvalue weighted by Crippen LogP contribution is 2.59. The highest BCUT2D eigenvalue weighted by atomic mass is 28.3. The highest BCUT2D eigenvalue weighted by molar-refractivity contribution is 6.76. The fourth-order valence-corrected chi connectivity index (χ4v) is 13.2. The van der Waals surface area contributed by atoms with Gasteiger partial charge in [0.25, 0.3) is 0 Å². The molecule has 6 rings (SSSR count). The Hall–Kier alpha value is -2.20. The SMILES string of the molecule is CC[C@@H]1NC2C(c3ccc(C(C)(C)C)cc3)=CC=C[C@H]2N1[Si](C)(C)C1C2C=CC=CC2C2C=CC=CC21. The highest BCUT2D eigenvalue weighted by Gasteiger charge is 2.59. The maximum atomic E-state index is 4.14. The molecule has 5 aliphatic rings. The van der Waals surface area contributed by atoms with Crippen molar-refractivity contribution in [3.05, 3.63) is 102 Å². The van der Waals surface area contributed by atoms with E-state index in [1.54, 1.807) is 0 Å². The molecule has 2 nitrogen and oxygen atoms in total. The molecule has 1 N–H and O–H groups in total. The molecule has 0 spiro atoms. The molecule has 1 aliphatic heterocycles. The summed E-state index contributed by atoms with van der Waals surface area (Å²) >= 11 is 0. The Balaban J connectivity index is 1.34. The molecule has 0 radical (unpaired) electrons. The average Bonchev–Trinajstić information content (AvgIpc) is 3.45. The summed E-state index contributed by atoms with van der Waals surface area (Å²) in [5, 5.41) is 4.14. The molecule has 0 aromatic heterocycles. The van der Waals surface area contributed by atoms with Crippen molar-refractivity contribution in [2.24, 2.45) is 23.7 Å². The molecule has 7 atom stereocenters. The first-order valence-corrected chi connectivity index (χ1v) is 17.5. The topological polar surface area (TPSA) is 15.3 Å². The smallest absolute Gasteiger partial charge is 0.129 e. The number of hydrogen-bond acceptors (Lipinski definition) is 2. The number of allylic oxidation sites excluding steroid dienone is 10. The number of nitrogens with zero attached hydrogens (tertiary/aromatic N) is 1. The Morgan fingerprint density at radius 2 is 1.35 bits per heavy atom. The third-order valence-electron chi connectivity index (χ3n) is 9.96. The lowest BCUT2D eigenvalue weighted by molar-refractivity contribution is 0.312. The molecule has 3 heteroatoms. The first-order chi connectivity index (χ1) is 17.7. The van der Waals surface area contributed by atoms with E-state index in [-0.39, 0.29) is 5.41 Å². The molecule has 1 aromatic carbocycles. The fraction of sp³-hybridized carbons (Fsp3) is 0.471. The van der Waals surface area contributed by atoms with Gasteiger partial charge in [0.2, 0.25) is 0 Å². The zero-order valence-electron chi connectivity index (χ0n) is 23.4. The van der Waals surface area contributed by atoms with Crippen LogP contribution in [0.15, 0.2) is 91.1 Å². The molecule has 1 saturated carbocycles. The monoisotopic (exact) mass is 508 g/mol. The third kappa shape index (κ3) is 4.05. The van der Waals surface area contributed by atoms with Crippen LogP contribution in [0.5, 0.6) is 0 Å². The van der Waals surface area contributed by atoms with Crippen LogP contribution >= 0.6 is 0 Å². The summed E-state index contributed by atoms with van der Waals surface area (Å²) in [6.45, 7) is 14.6. The molecule has 1 aromatic rings. The van der Waals surface area contributed by atoms with E-state index in [1.807, 2.05) is 0 Å². The van der Waals surface area contributed by atoms with Crippen LogP contribution in [-0.4, -0.2) is 31.1 Å². The van der Waals surface area contributed by atoms with E-state index < -0.39 is 8.24 Å². The van der Waals surface area contributed by atoms with Crippen LogP contribution in [0.3, 0.4) is 0 Å². The van der Waals surface area contributed by atoms with E-state index >= 15 is 0 Å². The number of nitrogens with one attached hydrogen (secondary N) is 1. The van der Waals surface area contributed by atoms with Crippen molar-refractivity contribution < 1.29 is 0 Å². The van der Waals surface area contributed by atoms with Crippen LogP contribution in [0.4, 0.5) is 0 Å².